The van der Waals surface area contributed by atoms with Crippen LogP contribution in [0.25, 0.3) is 0 Å². The Morgan fingerprint density at radius 2 is 2.12 bits per heavy atom. The van der Waals surface area contributed by atoms with Gasteiger partial charge in [0, 0.05) is 19.7 Å². The highest BCUT2D eigenvalue weighted by atomic mass is 16.3. The summed E-state index contributed by atoms with van der Waals surface area (Å²) in [6, 6.07) is 10.2. The first-order chi connectivity index (χ1) is 8.22. The van der Waals surface area contributed by atoms with Crippen LogP contribution >= 0.6 is 0 Å². The van der Waals surface area contributed by atoms with Crippen LogP contribution in [0, 0.1) is 5.92 Å². The number of nitrogens with zero attached hydrogens (tertiary/aromatic N) is 1. The van der Waals surface area contributed by atoms with E-state index in [0.717, 1.165) is 13.0 Å². The van der Waals surface area contributed by atoms with Gasteiger partial charge in [-0.15, -0.1) is 0 Å². The summed E-state index contributed by atoms with van der Waals surface area (Å²) in [6.07, 6.45) is 0.923. The van der Waals surface area contributed by atoms with E-state index in [1.54, 1.807) is 0 Å². The molecule has 0 saturated heterocycles. The molecule has 4 heteroatoms. The summed E-state index contributed by atoms with van der Waals surface area (Å²) in [6.45, 7) is 3.40. The summed E-state index contributed by atoms with van der Waals surface area (Å²) < 4.78 is 0. The molecule has 0 spiro atoms. The molecule has 0 fully saturated rings. The molecular weight excluding hydrogens is 214 g/mol. The van der Waals surface area contributed by atoms with Crippen molar-refractivity contribution >= 4 is 5.96 Å². The minimum absolute atomic E-state index is 0.140. The van der Waals surface area contributed by atoms with Crippen LogP contribution in [0.3, 0.4) is 0 Å². The molecule has 0 bridgehead atoms. The lowest BCUT2D eigenvalue weighted by Crippen LogP contribution is -2.33. The van der Waals surface area contributed by atoms with Crippen LogP contribution in [-0.2, 0) is 6.42 Å². The van der Waals surface area contributed by atoms with Crippen molar-refractivity contribution in [2.45, 2.75) is 13.3 Å². The van der Waals surface area contributed by atoms with Crippen molar-refractivity contribution in [2.24, 2.45) is 16.6 Å². The third kappa shape index (κ3) is 5.92. The van der Waals surface area contributed by atoms with Gasteiger partial charge in [-0.3, -0.25) is 4.99 Å². The highest BCUT2D eigenvalue weighted by Gasteiger charge is 1.98. The Bertz CT molecular complexity index is 338. The number of benzene rings is 1. The van der Waals surface area contributed by atoms with Crippen LogP contribution in [0.15, 0.2) is 35.3 Å². The summed E-state index contributed by atoms with van der Waals surface area (Å²) in [5.41, 5.74) is 6.97. The molecule has 1 atom stereocenters. The molecule has 4 N–H and O–H groups in total. The Morgan fingerprint density at radius 3 is 2.76 bits per heavy atom. The molecule has 0 aliphatic heterocycles. The standard InChI is InChI=1S/C13H21N3O/c1-11(10-17)9-16-13(14)15-8-7-12-5-3-2-4-6-12/h2-6,11,17H,7-10H2,1H3,(H3,14,15,16). The summed E-state index contributed by atoms with van der Waals surface area (Å²) >= 11 is 0. The van der Waals surface area contributed by atoms with E-state index in [9.17, 15) is 0 Å². The number of aliphatic hydroxyl groups excluding tert-OH is 1. The highest BCUT2D eigenvalue weighted by Crippen LogP contribution is 1.98. The first-order valence-corrected chi connectivity index (χ1v) is 5.91. The third-order valence-electron chi connectivity index (χ3n) is 2.45. The van der Waals surface area contributed by atoms with Gasteiger partial charge in [0.15, 0.2) is 5.96 Å². The van der Waals surface area contributed by atoms with Crippen molar-refractivity contribution in [3.8, 4) is 0 Å². The molecule has 0 heterocycles. The minimum Gasteiger partial charge on any atom is -0.396 e. The Labute approximate surface area is 103 Å². The molecule has 17 heavy (non-hydrogen) atoms. The van der Waals surface area contributed by atoms with Gasteiger partial charge < -0.3 is 16.2 Å². The smallest absolute Gasteiger partial charge is 0.188 e. The molecule has 1 aromatic rings. The quantitative estimate of drug-likeness (QED) is 0.503. The molecule has 0 radical (unpaired) electrons. The Hall–Kier alpha value is -1.55. The van der Waals surface area contributed by atoms with Gasteiger partial charge in [-0.1, -0.05) is 37.3 Å². The predicted molar refractivity (Wildman–Crippen MR) is 70.9 cm³/mol. The zero-order valence-corrected chi connectivity index (χ0v) is 10.3. The Morgan fingerprint density at radius 1 is 1.41 bits per heavy atom. The van der Waals surface area contributed by atoms with Crippen LogP contribution < -0.4 is 11.1 Å². The molecule has 1 aromatic carbocycles. The topological polar surface area (TPSA) is 70.6 Å². The van der Waals surface area contributed by atoms with Gasteiger partial charge in [-0.05, 0) is 17.9 Å². The van der Waals surface area contributed by atoms with Crippen LogP contribution in [0.1, 0.15) is 12.5 Å². The molecule has 0 aliphatic carbocycles. The number of hydrogen-bond donors (Lipinski definition) is 3. The molecule has 0 saturated carbocycles. The number of rotatable bonds is 6. The first kappa shape index (κ1) is 13.5. The van der Waals surface area contributed by atoms with Crippen LogP contribution in [0.2, 0.25) is 0 Å². The second-order valence-electron chi connectivity index (χ2n) is 4.18. The van der Waals surface area contributed by atoms with Crippen molar-refractivity contribution in [3.63, 3.8) is 0 Å². The molecule has 4 nitrogen and oxygen atoms in total. The van der Waals surface area contributed by atoms with E-state index >= 15 is 0 Å². The van der Waals surface area contributed by atoms with Crippen molar-refractivity contribution in [2.75, 3.05) is 19.7 Å². The van der Waals surface area contributed by atoms with Crippen molar-refractivity contribution in [1.82, 2.24) is 5.32 Å². The van der Waals surface area contributed by atoms with Gasteiger partial charge in [-0.2, -0.15) is 0 Å². The zero-order chi connectivity index (χ0) is 12.5. The maximum absolute atomic E-state index is 8.84. The van der Waals surface area contributed by atoms with Crippen LogP contribution in [0.4, 0.5) is 0 Å². The summed E-state index contributed by atoms with van der Waals surface area (Å²) in [5, 5.41) is 11.9. The van der Waals surface area contributed by atoms with E-state index in [2.05, 4.69) is 22.4 Å². The normalized spacial score (nSPS) is 13.4. The van der Waals surface area contributed by atoms with E-state index in [1.807, 2.05) is 25.1 Å². The number of aliphatic hydroxyl groups is 1. The van der Waals surface area contributed by atoms with Gasteiger partial charge >= 0.3 is 0 Å². The molecule has 0 amide bonds. The van der Waals surface area contributed by atoms with Crippen molar-refractivity contribution < 1.29 is 5.11 Å². The van der Waals surface area contributed by atoms with Gasteiger partial charge in [-0.25, -0.2) is 0 Å². The first-order valence-electron chi connectivity index (χ1n) is 5.91. The van der Waals surface area contributed by atoms with Gasteiger partial charge in [0.05, 0.1) is 0 Å². The fourth-order valence-electron chi connectivity index (χ4n) is 1.35. The number of nitrogens with two attached hydrogens (primary N) is 1. The van der Waals surface area contributed by atoms with E-state index in [1.165, 1.54) is 5.56 Å². The Balaban J connectivity index is 2.22. The van der Waals surface area contributed by atoms with Gasteiger partial charge in [0.2, 0.25) is 0 Å². The second kappa shape index (κ2) is 7.68. The van der Waals surface area contributed by atoms with Crippen molar-refractivity contribution in [1.29, 1.82) is 0 Å². The van der Waals surface area contributed by atoms with Crippen molar-refractivity contribution in [3.05, 3.63) is 35.9 Å². The summed E-state index contributed by atoms with van der Waals surface area (Å²) in [4.78, 5) is 4.15. The summed E-state index contributed by atoms with van der Waals surface area (Å²) in [5.74, 6) is 0.603. The van der Waals surface area contributed by atoms with E-state index in [4.69, 9.17) is 10.8 Å². The SMILES string of the molecule is CC(CO)CN=C(N)NCCc1ccccc1. The lowest BCUT2D eigenvalue weighted by atomic mass is 10.1. The molecule has 1 rings (SSSR count). The van der Waals surface area contributed by atoms with E-state index in [-0.39, 0.29) is 12.5 Å². The summed E-state index contributed by atoms with van der Waals surface area (Å²) in [7, 11) is 0. The fourth-order valence-corrected chi connectivity index (χ4v) is 1.35. The number of guanidine groups is 1. The lowest BCUT2D eigenvalue weighted by Gasteiger charge is -2.07. The average molecular weight is 235 g/mol. The molecule has 94 valence electrons. The monoisotopic (exact) mass is 235 g/mol. The van der Waals surface area contributed by atoms with E-state index in [0.29, 0.717) is 12.5 Å². The predicted octanol–water partition coefficient (Wildman–Crippen LogP) is 0.762. The maximum atomic E-state index is 8.84. The molecule has 0 aromatic heterocycles. The largest absolute Gasteiger partial charge is 0.396 e. The lowest BCUT2D eigenvalue weighted by molar-refractivity contribution is 0.241. The van der Waals surface area contributed by atoms with Crippen LogP contribution in [-0.4, -0.2) is 30.8 Å². The third-order valence-corrected chi connectivity index (χ3v) is 2.45. The average Bonchev–Trinajstić information content (AvgIpc) is 2.37. The highest BCUT2D eigenvalue weighted by molar-refractivity contribution is 5.77. The maximum Gasteiger partial charge on any atom is 0.188 e. The minimum atomic E-state index is 0.140. The molecule has 1 unspecified atom stereocenters. The van der Waals surface area contributed by atoms with E-state index < -0.39 is 0 Å². The number of aliphatic imine (C=N–C) groups is 1. The number of hydrogen-bond acceptors (Lipinski definition) is 2. The molecule has 0 aliphatic rings. The fraction of sp³-hybridized carbons (Fsp3) is 0.462. The van der Waals surface area contributed by atoms with Gasteiger partial charge in [0.25, 0.3) is 0 Å². The Kier molecular flexibility index (Phi) is 6.10. The number of nitrogens with one attached hydrogen (secondary N) is 1. The molecular formula is C13H21N3O. The van der Waals surface area contributed by atoms with Gasteiger partial charge in [0.1, 0.15) is 0 Å². The zero-order valence-electron chi connectivity index (χ0n) is 10.3. The van der Waals surface area contributed by atoms with Crippen LogP contribution in [0.5, 0.6) is 0 Å². The second-order valence-corrected chi connectivity index (χ2v) is 4.18.